The molecule has 2 aromatic rings. The highest BCUT2D eigenvalue weighted by Gasteiger charge is 2.39. The Balaban J connectivity index is 1.59. The van der Waals surface area contributed by atoms with Crippen molar-refractivity contribution in [1.82, 2.24) is 15.1 Å². The number of carbonyl (C=O) groups excluding carboxylic acids is 3. The first kappa shape index (κ1) is 17.2. The van der Waals surface area contributed by atoms with Crippen LogP contribution in [0.25, 0.3) is 0 Å². The van der Waals surface area contributed by atoms with Gasteiger partial charge in [-0.3, -0.25) is 14.5 Å². The molecule has 2 heterocycles. The van der Waals surface area contributed by atoms with Crippen molar-refractivity contribution in [2.24, 2.45) is 0 Å². The second-order valence-electron chi connectivity index (χ2n) is 5.95. The minimum Gasteiger partial charge on any atom is -0.339 e. The molecule has 7 heteroatoms. The van der Waals surface area contributed by atoms with Crippen molar-refractivity contribution in [3.05, 3.63) is 58.3 Å². The molecular formula is C18H19N3O3S. The van der Waals surface area contributed by atoms with E-state index >= 15 is 0 Å². The lowest BCUT2D eigenvalue weighted by atomic mass is 10.1. The Hall–Kier alpha value is -2.67. The molecule has 1 atom stereocenters. The third-order valence-corrected chi connectivity index (χ3v) is 4.94. The normalized spacial score (nSPS) is 16.8. The average Bonchev–Trinajstić information content (AvgIpc) is 3.20. The van der Waals surface area contributed by atoms with E-state index in [0.717, 1.165) is 15.3 Å². The van der Waals surface area contributed by atoms with Crippen LogP contribution >= 0.6 is 11.3 Å². The molecule has 0 radical (unpaired) electrons. The highest BCUT2D eigenvalue weighted by atomic mass is 32.1. The number of likely N-dealkylation sites (N-methyl/N-ethyl adjacent to an activating group) is 1. The van der Waals surface area contributed by atoms with Crippen LogP contribution in [-0.4, -0.2) is 47.3 Å². The van der Waals surface area contributed by atoms with E-state index in [4.69, 9.17) is 0 Å². The minimum atomic E-state index is -0.620. The Morgan fingerprint density at radius 3 is 2.64 bits per heavy atom. The van der Waals surface area contributed by atoms with Gasteiger partial charge in [0.25, 0.3) is 5.91 Å². The number of carbonyl (C=O) groups is 3. The third-order valence-electron chi connectivity index (χ3n) is 4.08. The van der Waals surface area contributed by atoms with Crippen molar-refractivity contribution < 1.29 is 14.4 Å². The van der Waals surface area contributed by atoms with Gasteiger partial charge in [-0.15, -0.1) is 11.3 Å². The van der Waals surface area contributed by atoms with Crippen LogP contribution < -0.4 is 5.32 Å². The predicted molar refractivity (Wildman–Crippen MR) is 95.0 cm³/mol. The van der Waals surface area contributed by atoms with Gasteiger partial charge in [-0.05, 0) is 17.0 Å². The van der Waals surface area contributed by atoms with E-state index in [0.29, 0.717) is 13.0 Å². The Bertz CT molecular complexity index is 761. The minimum absolute atomic E-state index is 0.238. The lowest BCUT2D eigenvalue weighted by Crippen LogP contribution is -2.41. The lowest BCUT2D eigenvalue weighted by Gasteiger charge is -2.19. The van der Waals surface area contributed by atoms with E-state index in [1.54, 1.807) is 18.4 Å². The number of urea groups is 1. The molecule has 0 saturated carbocycles. The number of hydrogen-bond donors (Lipinski definition) is 1. The zero-order chi connectivity index (χ0) is 17.8. The summed E-state index contributed by atoms with van der Waals surface area (Å²) in [6.07, 6.45) is 0.418. The van der Waals surface area contributed by atoms with Crippen molar-refractivity contribution in [3.63, 3.8) is 0 Å². The van der Waals surface area contributed by atoms with Gasteiger partial charge in [-0.25, -0.2) is 4.79 Å². The van der Waals surface area contributed by atoms with Gasteiger partial charge in [0.2, 0.25) is 5.91 Å². The van der Waals surface area contributed by atoms with Crippen LogP contribution in [0.3, 0.4) is 0 Å². The first-order valence-electron chi connectivity index (χ1n) is 7.96. The Morgan fingerprint density at radius 1 is 1.20 bits per heavy atom. The summed E-state index contributed by atoms with van der Waals surface area (Å²) in [6, 6.07) is 12.2. The van der Waals surface area contributed by atoms with Crippen molar-refractivity contribution in [3.8, 4) is 0 Å². The van der Waals surface area contributed by atoms with E-state index in [-0.39, 0.29) is 18.4 Å². The molecule has 1 unspecified atom stereocenters. The van der Waals surface area contributed by atoms with Crippen LogP contribution in [0.4, 0.5) is 4.79 Å². The third kappa shape index (κ3) is 4.06. The molecular weight excluding hydrogens is 338 g/mol. The van der Waals surface area contributed by atoms with Gasteiger partial charge in [0, 0.05) is 18.3 Å². The fourth-order valence-corrected chi connectivity index (χ4v) is 3.45. The topological polar surface area (TPSA) is 69.7 Å². The number of nitrogens with zero attached hydrogens (tertiary/aromatic N) is 2. The molecule has 130 valence electrons. The van der Waals surface area contributed by atoms with Crippen molar-refractivity contribution in [1.29, 1.82) is 0 Å². The van der Waals surface area contributed by atoms with Crippen LogP contribution in [0.15, 0.2) is 47.8 Å². The molecule has 1 saturated heterocycles. The van der Waals surface area contributed by atoms with E-state index in [9.17, 15) is 14.4 Å². The van der Waals surface area contributed by atoms with Crippen molar-refractivity contribution in [2.75, 3.05) is 13.6 Å². The molecule has 0 aliphatic carbocycles. The SMILES string of the molecule is CN(Cc1cccs1)C(=O)CN1C(=O)NC(Cc2ccccc2)C1=O. The van der Waals surface area contributed by atoms with Gasteiger partial charge in [0.15, 0.2) is 0 Å². The largest absolute Gasteiger partial charge is 0.339 e. The van der Waals surface area contributed by atoms with E-state index in [2.05, 4.69) is 5.32 Å². The van der Waals surface area contributed by atoms with Crippen LogP contribution in [-0.2, 0) is 22.6 Å². The number of benzene rings is 1. The van der Waals surface area contributed by atoms with Crippen LogP contribution in [0.5, 0.6) is 0 Å². The van der Waals surface area contributed by atoms with E-state index < -0.39 is 12.1 Å². The summed E-state index contributed by atoms with van der Waals surface area (Å²) in [4.78, 5) is 40.5. The first-order valence-corrected chi connectivity index (χ1v) is 8.84. The lowest BCUT2D eigenvalue weighted by molar-refractivity contribution is -0.136. The number of thiophene rings is 1. The van der Waals surface area contributed by atoms with E-state index in [1.165, 1.54) is 4.90 Å². The fourth-order valence-electron chi connectivity index (χ4n) is 2.70. The summed E-state index contributed by atoms with van der Waals surface area (Å²) in [5.74, 6) is -0.621. The summed E-state index contributed by atoms with van der Waals surface area (Å²) in [6.45, 7) is 0.228. The second-order valence-corrected chi connectivity index (χ2v) is 6.98. The zero-order valence-electron chi connectivity index (χ0n) is 13.8. The number of imide groups is 1. The summed E-state index contributed by atoms with van der Waals surface area (Å²) >= 11 is 1.56. The van der Waals surface area contributed by atoms with Gasteiger partial charge >= 0.3 is 6.03 Å². The molecule has 6 nitrogen and oxygen atoms in total. The number of nitrogens with one attached hydrogen (secondary N) is 1. The highest BCUT2D eigenvalue weighted by molar-refractivity contribution is 7.09. The molecule has 1 N–H and O–H groups in total. The number of hydrogen-bond acceptors (Lipinski definition) is 4. The standard InChI is InChI=1S/C18H19N3O3S/c1-20(11-14-8-5-9-25-14)16(22)12-21-17(23)15(19-18(21)24)10-13-6-3-2-4-7-13/h2-9,15H,10-12H2,1H3,(H,19,24). The monoisotopic (exact) mass is 357 g/mol. The molecule has 1 aliphatic heterocycles. The molecule has 1 aromatic heterocycles. The highest BCUT2D eigenvalue weighted by Crippen LogP contribution is 2.14. The van der Waals surface area contributed by atoms with Crippen molar-refractivity contribution >= 4 is 29.2 Å². The number of amides is 4. The maximum Gasteiger partial charge on any atom is 0.325 e. The Morgan fingerprint density at radius 2 is 1.96 bits per heavy atom. The Labute approximate surface area is 150 Å². The van der Waals surface area contributed by atoms with Gasteiger partial charge < -0.3 is 10.2 Å². The molecule has 1 fully saturated rings. The fraction of sp³-hybridized carbons (Fsp3) is 0.278. The summed E-state index contributed by atoms with van der Waals surface area (Å²) in [5, 5.41) is 4.60. The summed E-state index contributed by atoms with van der Waals surface area (Å²) < 4.78 is 0. The van der Waals surface area contributed by atoms with Crippen LogP contribution in [0.1, 0.15) is 10.4 Å². The van der Waals surface area contributed by atoms with Gasteiger partial charge in [0.1, 0.15) is 12.6 Å². The van der Waals surface area contributed by atoms with Crippen molar-refractivity contribution in [2.45, 2.75) is 19.0 Å². The summed E-state index contributed by atoms with van der Waals surface area (Å²) in [5.41, 5.74) is 0.962. The van der Waals surface area contributed by atoms with Gasteiger partial charge in [0.05, 0.1) is 6.54 Å². The van der Waals surface area contributed by atoms with Crippen LogP contribution in [0.2, 0.25) is 0 Å². The molecule has 3 rings (SSSR count). The molecule has 1 aromatic carbocycles. The molecule has 25 heavy (non-hydrogen) atoms. The van der Waals surface area contributed by atoms with Gasteiger partial charge in [-0.1, -0.05) is 36.4 Å². The second kappa shape index (κ2) is 7.48. The smallest absolute Gasteiger partial charge is 0.325 e. The predicted octanol–water partition coefficient (Wildman–Crippen LogP) is 1.87. The summed E-state index contributed by atoms with van der Waals surface area (Å²) in [7, 11) is 1.67. The van der Waals surface area contributed by atoms with E-state index in [1.807, 2.05) is 47.8 Å². The average molecular weight is 357 g/mol. The first-order chi connectivity index (χ1) is 12.0. The molecule has 4 amide bonds. The quantitative estimate of drug-likeness (QED) is 0.803. The van der Waals surface area contributed by atoms with Gasteiger partial charge in [-0.2, -0.15) is 0 Å². The van der Waals surface area contributed by atoms with Crippen LogP contribution in [0, 0.1) is 0 Å². The maximum atomic E-state index is 12.5. The molecule has 0 bridgehead atoms. The Kier molecular flexibility index (Phi) is 5.14. The number of rotatable bonds is 6. The maximum absolute atomic E-state index is 12.5. The zero-order valence-corrected chi connectivity index (χ0v) is 14.7. The molecule has 1 aliphatic rings. The molecule has 0 spiro atoms.